The summed E-state index contributed by atoms with van der Waals surface area (Å²) in [4.78, 5) is 12.2. The maximum Gasteiger partial charge on any atom is 0.246 e. The molecule has 118 valence electrons. The van der Waals surface area contributed by atoms with Crippen molar-refractivity contribution in [2.45, 2.75) is 39.8 Å². The van der Waals surface area contributed by atoms with Gasteiger partial charge in [-0.15, -0.1) is 0 Å². The Morgan fingerprint density at radius 3 is 2.95 bits per heavy atom. The Labute approximate surface area is 129 Å². The molecular formula is C16H21FN4O. The molecule has 5 nitrogen and oxygen atoms in total. The smallest absolute Gasteiger partial charge is 0.246 e. The third-order valence-corrected chi connectivity index (χ3v) is 3.32. The van der Waals surface area contributed by atoms with Gasteiger partial charge in [0.15, 0.2) is 0 Å². The van der Waals surface area contributed by atoms with Crippen molar-refractivity contribution in [3.63, 3.8) is 0 Å². The van der Waals surface area contributed by atoms with Crippen LogP contribution < -0.4 is 10.6 Å². The van der Waals surface area contributed by atoms with Crippen molar-refractivity contribution in [1.29, 1.82) is 0 Å². The minimum Gasteiger partial charge on any atom is -0.371 e. The first-order valence-electron chi connectivity index (χ1n) is 7.35. The lowest BCUT2D eigenvalue weighted by Gasteiger charge is -2.15. The number of carbonyl (C=O) groups excluding carboxylic acids is 1. The van der Waals surface area contributed by atoms with E-state index in [4.69, 9.17) is 0 Å². The van der Waals surface area contributed by atoms with E-state index in [1.807, 2.05) is 17.8 Å². The average Bonchev–Trinajstić information content (AvgIpc) is 2.90. The molecular weight excluding hydrogens is 283 g/mol. The highest BCUT2D eigenvalue weighted by molar-refractivity contribution is 5.96. The summed E-state index contributed by atoms with van der Waals surface area (Å²) in [6.45, 7) is 6.49. The molecule has 0 aliphatic carbocycles. The van der Waals surface area contributed by atoms with E-state index in [0.717, 1.165) is 24.2 Å². The Morgan fingerprint density at radius 2 is 2.23 bits per heavy atom. The minimum atomic E-state index is -0.457. The molecule has 0 radical (unpaired) electrons. The summed E-state index contributed by atoms with van der Waals surface area (Å²) in [5.74, 6) is -0.598. The molecule has 0 aliphatic heterocycles. The predicted molar refractivity (Wildman–Crippen MR) is 85.4 cm³/mol. The fourth-order valence-corrected chi connectivity index (χ4v) is 2.07. The van der Waals surface area contributed by atoms with Gasteiger partial charge in [0.1, 0.15) is 11.9 Å². The van der Waals surface area contributed by atoms with Crippen molar-refractivity contribution >= 4 is 17.3 Å². The summed E-state index contributed by atoms with van der Waals surface area (Å²) in [6.07, 6.45) is 4.55. The molecule has 2 rings (SSSR count). The van der Waals surface area contributed by atoms with Crippen LogP contribution in [-0.4, -0.2) is 21.7 Å². The van der Waals surface area contributed by atoms with Crippen molar-refractivity contribution in [2.24, 2.45) is 0 Å². The monoisotopic (exact) mass is 304 g/mol. The number of anilines is 2. The van der Waals surface area contributed by atoms with Gasteiger partial charge in [-0.25, -0.2) is 4.39 Å². The van der Waals surface area contributed by atoms with Gasteiger partial charge in [-0.05, 0) is 38.0 Å². The summed E-state index contributed by atoms with van der Waals surface area (Å²) < 4.78 is 15.1. The van der Waals surface area contributed by atoms with Crippen LogP contribution in [0.1, 0.15) is 25.8 Å². The SMILES string of the molecule is CCCn1cc(NC(C)C(=O)Nc2cc(F)ccc2C)cn1. The number of amides is 1. The lowest BCUT2D eigenvalue weighted by molar-refractivity contribution is -0.116. The molecule has 1 heterocycles. The number of hydrogen-bond donors (Lipinski definition) is 2. The van der Waals surface area contributed by atoms with Crippen molar-refractivity contribution in [3.05, 3.63) is 42.0 Å². The van der Waals surface area contributed by atoms with E-state index in [1.54, 1.807) is 19.2 Å². The van der Waals surface area contributed by atoms with Gasteiger partial charge < -0.3 is 10.6 Å². The van der Waals surface area contributed by atoms with Crippen LogP contribution in [0.25, 0.3) is 0 Å². The van der Waals surface area contributed by atoms with Crippen LogP contribution in [-0.2, 0) is 11.3 Å². The zero-order valence-corrected chi connectivity index (χ0v) is 13.1. The number of carbonyl (C=O) groups is 1. The number of aryl methyl sites for hydroxylation is 2. The lowest BCUT2D eigenvalue weighted by Crippen LogP contribution is -2.32. The van der Waals surface area contributed by atoms with E-state index in [1.165, 1.54) is 12.1 Å². The average molecular weight is 304 g/mol. The molecule has 0 saturated heterocycles. The number of nitrogens with one attached hydrogen (secondary N) is 2. The van der Waals surface area contributed by atoms with E-state index in [0.29, 0.717) is 5.69 Å². The normalized spacial score (nSPS) is 12.0. The molecule has 2 aromatic rings. The summed E-state index contributed by atoms with van der Waals surface area (Å²) in [6, 6.07) is 3.87. The van der Waals surface area contributed by atoms with Gasteiger partial charge in [-0.1, -0.05) is 13.0 Å². The van der Waals surface area contributed by atoms with Crippen LogP contribution in [0.5, 0.6) is 0 Å². The van der Waals surface area contributed by atoms with E-state index in [-0.39, 0.29) is 11.7 Å². The van der Waals surface area contributed by atoms with Crippen molar-refractivity contribution < 1.29 is 9.18 Å². The third-order valence-electron chi connectivity index (χ3n) is 3.32. The maximum absolute atomic E-state index is 13.2. The molecule has 0 aliphatic rings. The second-order valence-corrected chi connectivity index (χ2v) is 5.31. The molecule has 0 fully saturated rings. The van der Waals surface area contributed by atoms with Crippen LogP contribution in [0.3, 0.4) is 0 Å². The highest BCUT2D eigenvalue weighted by Gasteiger charge is 2.14. The fraction of sp³-hybridized carbons (Fsp3) is 0.375. The third kappa shape index (κ3) is 4.07. The molecule has 1 aromatic carbocycles. The van der Waals surface area contributed by atoms with E-state index < -0.39 is 6.04 Å². The first-order valence-corrected chi connectivity index (χ1v) is 7.35. The van der Waals surface area contributed by atoms with E-state index in [2.05, 4.69) is 22.7 Å². The second kappa shape index (κ2) is 7.06. The molecule has 22 heavy (non-hydrogen) atoms. The topological polar surface area (TPSA) is 59.0 Å². The molecule has 6 heteroatoms. The van der Waals surface area contributed by atoms with Crippen molar-refractivity contribution in [1.82, 2.24) is 9.78 Å². The van der Waals surface area contributed by atoms with E-state index >= 15 is 0 Å². The number of hydrogen-bond acceptors (Lipinski definition) is 3. The standard InChI is InChI=1S/C16H21FN4O/c1-4-7-21-10-14(9-18-21)19-12(3)16(22)20-15-8-13(17)6-5-11(15)2/h5-6,8-10,12,19H,4,7H2,1-3H3,(H,20,22). The first-order chi connectivity index (χ1) is 10.5. The molecule has 1 aromatic heterocycles. The van der Waals surface area contributed by atoms with Crippen LogP contribution in [0.4, 0.5) is 15.8 Å². The van der Waals surface area contributed by atoms with Crippen LogP contribution in [0.2, 0.25) is 0 Å². The van der Waals surface area contributed by atoms with Gasteiger partial charge in [-0.3, -0.25) is 9.48 Å². The van der Waals surface area contributed by atoms with Crippen LogP contribution in [0.15, 0.2) is 30.6 Å². The highest BCUT2D eigenvalue weighted by atomic mass is 19.1. The Hall–Kier alpha value is -2.37. The molecule has 0 bridgehead atoms. The first kappa shape index (κ1) is 16.0. The van der Waals surface area contributed by atoms with Crippen molar-refractivity contribution in [3.8, 4) is 0 Å². The predicted octanol–water partition coefficient (Wildman–Crippen LogP) is 3.18. The Kier molecular flexibility index (Phi) is 5.14. The fourth-order valence-electron chi connectivity index (χ4n) is 2.07. The number of nitrogens with zero attached hydrogens (tertiary/aromatic N) is 2. The summed E-state index contributed by atoms with van der Waals surface area (Å²) in [7, 11) is 0. The Bertz CT molecular complexity index is 653. The van der Waals surface area contributed by atoms with Gasteiger partial charge in [0, 0.05) is 18.4 Å². The minimum absolute atomic E-state index is 0.225. The summed E-state index contributed by atoms with van der Waals surface area (Å²) in [5.41, 5.74) is 2.09. The van der Waals surface area contributed by atoms with Crippen LogP contribution >= 0.6 is 0 Å². The molecule has 1 amide bonds. The largest absolute Gasteiger partial charge is 0.371 e. The molecule has 2 N–H and O–H groups in total. The zero-order chi connectivity index (χ0) is 16.1. The summed E-state index contributed by atoms with van der Waals surface area (Å²) in [5, 5.41) is 10.0. The molecule has 1 atom stereocenters. The molecule has 1 unspecified atom stereocenters. The molecule has 0 spiro atoms. The number of halogens is 1. The molecule has 0 saturated carbocycles. The van der Waals surface area contributed by atoms with Crippen LogP contribution in [0, 0.1) is 12.7 Å². The van der Waals surface area contributed by atoms with Gasteiger partial charge >= 0.3 is 0 Å². The maximum atomic E-state index is 13.2. The van der Waals surface area contributed by atoms with Gasteiger partial charge in [0.25, 0.3) is 0 Å². The van der Waals surface area contributed by atoms with E-state index in [9.17, 15) is 9.18 Å². The Morgan fingerprint density at radius 1 is 1.45 bits per heavy atom. The number of aromatic nitrogens is 2. The van der Waals surface area contributed by atoms with Gasteiger partial charge in [-0.2, -0.15) is 5.10 Å². The van der Waals surface area contributed by atoms with Crippen molar-refractivity contribution in [2.75, 3.05) is 10.6 Å². The number of rotatable bonds is 6. The lowest BCUT2D eigenvalue weighted by atomic mass is 10.2. The highest BCUT2D eigenvalue weighted by Crippen LogP contribution is 2.16. The van der Waals surface area contributed by atoms with Gasteiger partial charge in [0.2, 0.25) is 5.91 Å². The number of benzene rings is 1. The Balaban J connectivity index is 1.98. The second-order valence-electron chi connectivity index (χ2n) is 5.31. The van der Waals surface area contributed by atoms with Gasteiger partial charge in [0.05, 0.1) is 11.9 Å². The summed E-state index contributed by atoms with van der Waals surface area (Å²) >= 11 is 0. The zero-order valence-electron chi connectivity index (χ0n) is 13.1. The quantitative estimate of drug-likeness (QED) is 0.861.